The molecule has 0 amide bonds. The Morgan fingerprint density at radius 3 is 0.756 bits per heavy atom. The van der Waals surface area contributed by atoms with Crippen molar-refractivity contribution >= 4 is 147 Å². The van der Waals surface area contributed by atoms with Gasteiger partial charge >= 0.3 is 0 Å². The van der Waals surface area contributed by atoms with E-state index in [1.807, 2.05) is 0 Å². The molecule has 0 unspecified atom stereocenters. The van der Waals surface area contributed by atoms with Gasteiger partial charge in [-0.15, -0.1) is 0 Å². The van der Waals surface area contributed by atoms with Crippen LogP contribution in [0.5, 0.6) is 0 Å². The summed E-state index contributed by atoms with van der Waals surface area (Å²) in [7, 11) is 0. The van der Waals surface area contributed by atoms with E-state index in [-0.39, 0.29) is 0 Å². The number of nitrogens with zero attached hydrogens (tertiary/aromatic N) is 6. The van der Waals surface area contributed by atoms with Crippen molar-refractivity contribution in [1.29, 1.82) is 0 Å². The molecule has 0 fully saturated rings. The number of hydrogen-bond donors (Lipinski definition) is 0. The van der Waals surface area contributed by atoms with Gasteiger partial charge in [0.25, 0.3) is 0 Å². The van der Waals surface area contributed by atoms with Crippen molar-refractivity contribution in [3.63, 3.8) is 0 Å². The first-order valence-corrected chi connectivity index (χ1v) is 26.9. The van der Waals surface area contributed by atoms with Gasteiger partial charge in [0.05, 0.1) is 82.8 Å². The van der Waals surface area contributed by atoms with Crippen LogP contribution in [0.25, 0.3) is 164 Å². The lowest BCUT2D eigenvalue weighted by Gasteiger charge is -2.09. The van der Waals surface area contributed by atoms with Crippen molar-refractivity contribution in [3.8, 4) is 17.1 Å². The Labute approximate surface area is 443 Å². The van der Waals surface area contributed by atoms with Crippen LogP contribution in [0, 0.1) is 0 Å². The summed E-state index contributed by atoms with van der Waals surface area (Å²) in [5, 5.41) is 14.8. The third kappa shape index (κ3) is 5.03. The van der Waals surface area contributed by atoms with Crippen LogP contribution in [0.3, 0.4) is 0 Å². The maximum atomic E-state index is 2.60. The monoisotopic (exact) mass is 990 g/mol. The first-order valence-electron chi connectivity index (χ1n) is 26.9. The van der Waals surface area contributed by atoms with Crippen LogP contribution in [-0.4, -0.2) is 26.9 Å². The van der Waals surface area contributed by atoms with Gasteiger partial charge in [0.2, 0.25) is 0 Å². The molecular weight excluding hydrogens is 949 g/mol. The Bertz CT molecular complexity index is 5730. The van der Waals surface area contributed by atoms with Gasteiger partial charge < -0.3 is 26.9 Å². The van der Waals surface area contributed by atoms with E-state index in [0.29, 0.717) is 0 Å². The van der Waals surface area contributed by atoms with Gasteiger partial charge in [0.1, 0.15) is 0 Å². The lowest BCUT2D eigenvalue weighted by Crippen LogP contribution is -1.94. The van der Waals surface area contributed by atoms with Gasteiger partial charge in [-0.05, 0) is 109 Å². The highest BCUT2D eigenvalue weighted by Gasteiger charge is 2.25. The highest BCUT2D eigenvalue weighted by atomic mass is 15.0. The fraction of sp³-hybridized carbons (Fsp3) is 0. The Balaban J connectivity index is 1.01. The average molecular weight is 991 g/mol. The minimum Gasteiger partial charge on any atom is -0.309 e. The molecule has 360 valence electrons. The van der Waals surface area contributed by atoms with Crippen LogP contribution in [0.15, 0.2) is 255 Å². The second-order valence-corrected chi connectivity index (χ2v) is 21.2. The highest BCUT2D eigenvalue weighted by molar-refractivity contribution is 6.26. The molecule has 0 aliphatic heterocycles. The summed E-state index contributed by atoms with van der Waals surface area (Å²) < 4.78 is 15.1. The van der Waals surface area contributed by atoms with E-state index in [1.165, 1.54) is 114 Å². The maximum absolute atomic E-state index is 2.60. The topological polar surface area (TPSA) is 28.0 Å². The highest BCUT2D eigenvalue weighted by Crippen LogP contribution is 2.45. The van der Waals surface area contributed by atoms with Gasteiger partial charge in [-0.25, -0.2) is 0 Å². The predicted molar refractivity (Wildman–Crippen MR) is 327 cm³/mol. The van der Waals surface area contributed by atoms with Gasteiger partial charge in [-0.1, -0.05) is 146 Å². The molecule has 0 radical (unpaired) electrons. The standard InChI is InChI=1S/C72H42N6/c1-7-23-58-46(16-1)47-17-2-8-24-59(47)73(58)43-32-37-64-55(40-43)52-22-15-31-69-70(52)76(64)67-29-13-14-30-68(67)77-65-38-33-44(74-60-25-9-3-18-48(60)49-19-4-10-26-61(49)74)41-56(65)53-35-36-54-57-42-45(34-39-66(57)78(69)72(54)71(53)77)75-62-27-11-5-20-50(62)51-21-6-12-28-63(51)75/h1-42H. The molecule has 6 nitrogen and oxygen atoms in total. The van der Waals surface area contributed by atoms with Crippen molar-refractivity contribution in [2.45, 2.75) is 0 Å². The minimum atomic E-state index is 1.12. The molecule has 12 aromatic carbocycles. The molecule has 78 heavy (non-hydrogen) atoms. The van der Waals surface area contributed by atoms with Crippen LogP contribution in [0.4, 0.5) is 0 Å². The number of aromatic nitrogens is 6. The SMILES string of the molecule is c1ccc2c(c1)c1ccccc1n2-c1ccc2c(c1)c1cccc3c1n2c1ccccc1n1c2ccc(-n4c5ccccc5c5ccccc54)cc2c2ccc4c5cc(-n6c7ccccc7c7ccccc76)ccc5n3c4c21. The average Bonchev–Trinajstić information content (AvgIpc) is 4.18. The van der Waals surface area contributed by atoms with Crippen molar-refractivity contribution in [3.05, 3.63) is 255 Å². The van der Waals surface area contributed by atoms with Crippen LogP contribution < -0.4 is 0 Å². The summed E-state index contributed by atoms with van der Waals surface area (Å²) in [6.45, 7) is 0. The third-order valence-electron chi connectivity index (χ3n) is 17.5. The zero-order valence-corrected chi connectivity index (χ0v) is 41.9. The van der Waals surface area contributed by atoms with E-state index in [1.54, 1.807) is 0 Å². The van der Waals surface area contributed by atoms with Crippen molar-refractivity contribution in [2.75, 3.05) is 0 Å². The number of hydrogen-bond acceptors (Lipinski definition) is 0. The number of fused-ring (bicyclic) bond motifs is 22. The molecule has 0 saturated carbocycles. The first kappa shape index (κ1) is 40.8. The Hall–Kier alpha value is -10.6. The number of rotatable bonds is 3. The molecular formula is C72H42N6. The summed E-state index contributed by atoms with van der Waals surface area (Å²) >= 11 is 0. The molecule has 19 rings (SSSR count). The normalized spacial score (nSPS) is 12.6. The van der Waals surface area contributed by atoms with E-state index in [2.05, 4.69) is 282 Å². The zero-order valence-electron chi connectivity index (χ0n) is 41.9. The van der Waals surface area contributed by atoms with Crippen molar-refractivity contribution in [2.24, 2.45) is 0 Å². The second kappa shape index (κ2) is 14.6. The Morgan fingerprint density at radius 2 is 0.410 bits per heavy atom. The van der Waals surface area contributed by atoms with Crippen molar-refractivity contribution in [1.82, 2.24) is 26.9 Å². The summed E-state index contributed by atoms with van der Waals surface area (Å²) in [5.41, 5.74) is 21.0. The van der Waals surface area contributed by atoms with Crippen LogP contribution in [-0.2, 0) is 0 Å². The lowest BCUT2D eigenvalue weighted by molar-refractivity contribution is 1.18. The molecule has 6 heteroatoms. The maximum Gasteiger partial charge on any atom is 0.0789 e. The number of benzene rings is 12. The zero-order chi connectivity index (χ0) is 50.5. The van der Waals surface area contributed by atoms with Gasteiger partial charge in [0, 0.05) is 81.7 Å². The molecule has 0 atom stereocenters. The quantitative estimate of drug-likeness (QED) is 0.169. The molecule has 0 aliphatic carbocycles. The molecule has 0 spiro atoms. The Kier molecular flexibility index (Phi) is 7.65. The van der Waals surface area contributed by atoms with E-state index >= 15 is 0 Å². The smallest absolute Gasteiger partial charge is 0.0789 e. The molecule has 0 bridgehead atoms. The van der Waals surface area contributed by atoms with Crippen LogP contribution in [0.1, 0.15) is 0 Å². The lowest BCUT2D eigenvalue weighted by atomic mass is 10.1. The van der Waals surface area contributed by atoms with E-state index in [4.69, 9.17) is 0 Å². The summed E-state index contributed by atoms with van der Waals surface area (Å²) in [5.74, 6) is 0. The summed E-state index contributed by atoms with van der Waals surface area (Å²) in [4.78, 5) is 0. The van der Waals surface area contributed by atoms with Gasteiger partial charge in [-0.2, -0.15) is 0 Å². The number of para-hydroxylation sites is 9. The fourth-order valence-electron chi connectivity index (χ4n) is 14.4. The van der Waals surface area contributed by atoms with E-state index in [9.17, 15) is 0 Å². The third-order valence-corrected chi connectivity index (χ3v) is 17.5. The molecule has 0 saturated heterocycles. The fourth-order valence-corrected chi connectivity index (χ4v) is 14.4. The van der Waals surface area contributed by atoms with E-state index in [0.717, 1.165) is 50.2 Å². The summed E-state index contributed by atoms with van der Waals surface area (Å²) in [6.07, 6.45) is 0. The van der Waals surface area contributed by atoms with Crippen molar-refractivity contribution < 1.29 is 0 Å². The second-order valence-electron chi connectivity index (χ2n) is 21.2. The molecule has 7 heterocycles. The molecule has 0 N–H and O–H groups in total. The molecule has 19 aromatic rings. The van der Waals surface area contributed by atoms with Crippen LogP contribution in [0.2, 0.25) is 0 Å². The minimum absolute atomic E-state index is 1.12. The summed E-state index contributed by atoms with van der Waals surface area (Å²) in [6, 6.07) is 95.2. The van der Waals surface area contributed by atoms with E-state index < -0.39 is 0 Å². The predicted octanol–water partition coefficient (Wildman–Crippen LogP) is 18.7. The largest absolute Gasteiger partial charge is 0.309 e. The van der Waals surface area contributed by atoms with Gasteiger partial charge in [0.15, 0.2) is 0 Å². The van der Waals surface area contributed by atoms with Gasteiger partial charge in [-0.3, -0.25) is 0 Å². The Morgan fingerprint density at radius 1 is 0.154 bits per heavy atom. The van der Waals surface area contributed by atoms with Crippen LogP contribution >= 0.6 is 0 Å². The molecule has 0 aliphatic rings. The first-order chi connectivity index (χ1) is 38.7. The molecule has 7 aromatic heterocycles.